The average molecular weight is 148 g/mol. The Balaban J connectivity index is 2.55. The van der Waals surface area contributed by atoms with E-state index in [1.54, 1.807) is 13.0 Å². The van der Waals surface area contributed by atoms with Crippen molar-refractivity contribution in [3.8, 4) is 0 Å². The number of hydrogen-bond acceptors (Lipinski definition) is 1. The van der Waals surface area contributed by atoms with E-state index in [0.717, 1.165) is 18.4 Å². The van der Waals surface area contributed by atoms with Gasteiger partial charge in [0.25, 0.3) is 0 Å². The SMILES string of the molecule is CC(=O)/C=C/C1=CCCC=C1. The van der Waals surface area contributed by atoms with Crippen molar-refractivity contribution in [2.75, 3.05) is 0 Å². The van der Waals surface area contributed by atoms with Crippen LogP contribution in [-0.4, -0.2) is 5.78 Å². The summed E-state index contributed by atoms with van der Waals surface area (Å²) in [5, 5.41) is 0. The molecule has 0 saturated heterocycles. The molecule has 1 aliphatic rings. The zero-order valence-electron chi connectivity index (χ0n) is 6.71. The molecule has 58 valence electrons. The molecule has 0 amide bonds. The molecule has 0 unspecified atom stereocenters. The van der Waals surface area contributed by atoms with E-state index in [4.69, 9.17) is 0 Å². The molecule has 0 aromatic carbocycles. The summed E-state index contributed by atoms with van der Waals surface area (Å²) in [6.07, 6.45) is 12.0. The first-order valence-corrected chi connectivity index (χ1v) is 3.84. The first-order valence-electron chi connectivity index (χ1n) is 3.84. The van der Waals surface area contributed by atoms with E-state index in [1.165, 1.54) is 0 Å². The molecule has 0 spiro atoms. The highest BCUT2D eigenvalue weighted by molar-refractivity contribution is 5.87. The molecule has 0 heterocycles. The Labute approximate surface area is 67.1 Å². The number of allylic oxidation sites excluding steroid dienone is 6. The van der Waals surface area contributed by atoms with E-state index < -0.39 is 0 Å². The molecule has 0 radical (unpaired) electrons. The molecule has 1 aliphatic carbocycles. The molecule has 1 rings (SSSR count). The van der Waals surface area contributed by atoms with Gasteiger partial charge in [-0.2, -0.15) is 0 Å². The first-order chi connectivity index (χ1) is 5.29. The molecule has 0 atom stereocenters. The van der Waals surface area contributed by atoms with E-state index in [1.807, 2.05) is 12.2 Å². The molecule has 0 aromatic heterocycles. The zero-order valence-corrected chi connectivity index (χ0v) is 6.71. The van der Waals surface area contributed by atoms with Crippen LogP contribution in [0.25, 0.3) is 0 Å². The van der Waals surface area contributed by atoms with Crippen LogP contribution in [-0.2, 0) is 4.79 Å². The fourth-order valence-electron chi connectivity index (χ4n) is 0.971. The predicted molar refractivity (Wildman–Crippen MR) is 46.3 cm³/mol. The van der Waals surface area contributed by atoms with Crippen molar-refractivity contribution in [2.45, 2.75) is 19.8 Å². The summed E-state index contributed by atoms with van der Waals surface area (Å²) < 4.78 is 0. The van der Waals surface area contributed by atoms with Crippen molar-refractivity contribution in [3.05, 3.63) is 36.0 Å². The molecule has 0 aliphatic heterocycles. The Kier molecular flexibility index (Phi) is 2.84. The van der Waals surface area contributed by atoms with Gasteiger partial charge in [0, 0.05) is 0 Å². The molecule has 0 saturated carbocycles. The van der Waals surface area contributed by atoms with Crippen LogP contribution in [0, 0.1) is 0 Å². The second kappa shape index (κ2) is 3.91. The highest BCUT2D eigenvalue weighted by atomic mass is 16.1. The Morgan fingerprint density at radius 2 is 2.36 bits per heavy atom. The monoisotopic (exact) mass is 148 g/mol. The van der Waals surface area contributed by atoms with Crippen LogP contribution in [0.2, 0.25) is 0 Å². The van der Waals surface area contributed by atoms with Gasteiger partial charge in [0.15, 0.2) is 5.78 Å². The fraction of sp³-hybridized carbons (Fsp3) is 0.300. The lowest BCUT2D eigenvalue weighted by molar-refractivity contribution is -0.112. The Morgan fingerprint density at radius 1 is 1.55 bits per heavy atom. The molecule has 0 bridgehead atoms. The highest BCUT2D eigenvalue weighted by Crippen LogP contribution is 2.10. The number of carbonyl (C=O) groups excluding carboxylic acids is 1. The summed E-state index contributed by atoms with van der Waals surface area (Å²) >= 11 is 0. The van der Waals surface area contributed by atoms with Crippen LogP contribution >= 0.6 is 0 Å². The van der Waals surface area contributed by atoms with Gasteiger partial charge in [0.05, 0.1) is 0 Å². The molecule has 0 fully saturated rings. The second-order valence-electron chi connectivity index (χ2n) is 2.63. The number of ketones is 1. The van der Waals surface area contributed by atoms with E-state index in [2.05, 4.69) is 12.2 Å². The van der Waals surface area contributed by atoms with Gasteiger partial charge in [-0.3, -0.25) is 4.79 Å². The molecular formula is C10H12O. The third-order valence-corrected chi connectivity index (χ3v) is 1.53. The van der Waals surface area contributed by atoms with Crippen molar-refractivity contribution in [2.24, 2.45) is 0 Å². The summed E-state index contributed by atoms with van der Waals surface area (Å²) in [6.45, 7) is 1.56. The summed E-state index contributed by atoms with van der Waals surface area (Å²) in [6, 6.07) is 0. The van der Waals surface area contributed by atoms with Crippen molar-refractivity contribution in [1.82, 2.24) is 0 Å². The minimum atomic E-state index is 0.102. The molecular weight excluding hydrogens is 136 g/mol. The Hall–Kier alpha value is -1.11. The summed E-state index contributed by atoms with van der Waals surface area (Å²) in [5.74, 6) is 0.102. The molecule has 1 heteroatoms. The topological polar surface area (TPSA) is 17.1 Å². The van der Waals surface area contributed by atoms with Crippen LogP contribution in [0.3, 0.4) is 0 Å². The smallest absolute Gasteiger partial charge is 0.152 e. The van der Waals surface area contributed by atoms with Crippen LogP contribution in [0.15, 0.2) is 36.0 Å². The minimum Gasteiger partial charge on any atom is -0.295 e. The van der Waals surface area contributed by atoms with Crippen LogP contribution in [0.1, 0.15) is 19.8 Å². The van der Waals surface area contributed by atoms with Crippen molar-refractivity contribution >= 4 is 5.78 Å². The van der Waals surface area contributed by atoms with Gasteiger partial charge in [-0.05, 0) is 31.4 Å². The van der Waals surface area contributed by atoms with Gasteiger partial charge < -0.3 is 0 Å². The normalized spacial score (nSPS) is 17.0. The molecule has 11 heavy (non-hydrogen) atoms. The summed E-state index contributed by atoms with van der Waals surface area (Å²) in [4.78, 5) is 10.5. The lowest BCUT2D eigenvalue weighted by Crippen LogP contribution is -1.83. The maximum Gasteiger partial charge on any atom is 0.152 e. The number of rotatable bonds is 2. The maximum atomic E-state index is 10.5. The van der Waals surface area contributed by atoms with Gasteiger partial charge in [-0.25, -0.2) is 0 Å². The quantitative estimate of drug-likeness (QED) is 0.549. The average Bonchev–Trinajstić information content (AvgIpc) is 2.03. The first kappa shape index (κ1) is 7.99. The fourth-order valence-corrected chi connectivity index (χ4v) is 0.971. The molecule has 0 aromatic rings. The van der Waals surface area contributed by atoms with E-state index in [0.29, 0.717) is 0 Å². The standard InChI is InChI=1S/C10H12O/c1-9(11)7-8-10-5-3-2-4-6-10/h3,5-8H,2,4H2,1H3/b8-7+. The van der Waals surface area contributed by atoms with Crippen LogP contribution < -0.4 is 0 Å². The Bertz CT molecular complexity index is 231. The highest BCUT2D eigenvalue weighted by Gasteiger charge is 1.91. The van der Waals surface area contributed by atoms with E-state index in [-0.39, 0.29) is 5.78 Å². The third-order valence-electron chi connectivity index (χ3n) is 1.53. The lowest BCUT2D eigenvalue weighted by Gasteiger charge is -1.99. The maximum absolute atomic E-state index is 10.5. The van der Waals surface area contributed by atoms with Crippen LogP contribution in [0.5, 0.6) is 0 Å². The molecule has 1 nitrogen and oxygen atoms in total. The van der Waals surface area contributed by atoms with E-state index in [9.17, 15) is 4.79 Å². The number of carbonyl (C=O) groups is 1. The van der Waals surface area contributed by atoms with Crippen molar-refractivity contribution < 1.29 is 4.79 Å². The predicted octanol–water partition coefficient (Wildman–Crippen LogP) is 2.41. The van der Waals surface area contributed by atoms with Crippen molar-refractivity contribution in [1.29, 1.82) is 0 Å². The zero-order chi connectivity index (χ0) is 8.10. The van der Waals surface area contributed by atoms with Crippen molar-refractivity contribution in [3.63, 3.8) is 0 Å². The third kappa shape index (κ3) is 2.99. The van der Waals surface area contributed by atoms with Gasteiger partial charge in [0.2, 0.25) is 0 Å². The molecule has 0 N–H and O–H groups in total. The lowest BCUT2D eigenvalue weighted by atomic mass is 10.1. The summed E-state index contributed by atoms with van der Waals surface area (Å²) in [5.41, 5.74) is 1.14. The van der Waals surface area contributed by atoms with Crippen LogP contribution in [0.4, 0.5) is 0 Å². The van der Waals surface area contributed by atoms with Gasteiger partial charge in [-0.1, -0.05) is 24.3 Å². The minimum absolute atomic E-state index is 0.102. The largest absolute Gasteiger partial charge is 0.295 e. The summed E-state index contributed by atoms with van der Waals surface area (Å²) in [7, 11) is 0. The van der Waals surface area contributed by atoms with E-state index >= 15 is 0 Å². The second-order valence-corrected chi connectivity index (χ2v) is 2.63. The van der Waals surface area contributed by atoms with Gasteiger partial charge in [0.1, 0.15) is 0 Å². The number of hydrogen-bond donors (Lipinski definition) is 0. The Morgan fingerprint density at radius 3 is 2.91 bits per heavy atom. The van der Waals surface area contributed by atoms with Gasteiger partial charge >= 0.3 is 0 Å². The van der Waals surface area contributed by atoms with Gasteiger partial charge in [-0.15, -0.1) is 0 Å².